The molecule has 0 aromatic heterocycles. The van der Waals surface area contributed by atoms with Crippen molar-refractivity contribution in [3.63, 3.8) is 0 Å². The van der Waals surface area contributed by atoms with Gasteiger partial charge in [0.1, 0.15) is 6.04 Å². The lowest BCUT2D eigenvalue weighted by Crippen LogP contribution is -2.46. The summed E-state index contributed by atoms with van der Waals surface area (Å²) in [5, 5.41) is 20.5. The van der Waals surface area contributed by atoms with Crippen molar-refractivity contribution < 1.29 is 14.7 Å². The maximum Gasteiger partial charge on any atom is 0.327 e. The van der Waals surface area contributed by atoms with Crippen LogP contribution < -0.4 is 5.32 Å². The van der Waals surface area contributed by atoms with Crippen molar-refractivity contribution in [3.8, 4) is 6.07 Å². The molecule has 0 radical (unpaired) electrons. The standard InChI is InChI=1S/C13H12ClN3O3S/c1-7-17(11(6-21-7)12(18)19)13(20)16-10-3-2-8(5-15)4-9(10)14/h2-4,7,11H,6H2,1H3,(H,16,20)(H,18,19). The summed E-state index contributed by atoms with van der Waals surface area (Å²) in [4.78, 5) is 24.7. The van der Waals surface area contributed by atoms with Gasteiger partial charge < -0.3 is 10.4 Å². The Kier molecular flexibility index (Phi) is 4.60. The number of aliphatic carboxylic acids is 1. The van der Waals surface area contributed by atoms with Crippen molar-refractivity contribution in [1.29, 1.82) is 5.26 Å². The Hall–Kier alpha value is -1.91. The number of benzene rings is 1. The number of carbonyl (C=O) groups excluding carboxylic acids is 1. The molecule has 1 aliphatic rings. The van der Waals surface area contributed by atoms with Crippen LogP contribution in [0.5, 0.6) is 0 Å². The highest BCUT2D eigenvalue weighted by molar-refractivity contribution is 8.00. The normalized spacial score (nSPS) is 20.9. The van der Waals surface area contributed by atoms with Gasteiger partial charge in [-0.2, -0.15) is 5.26 Å². The van der Waals surface area contributed by atoms with Crippen molar-refractivity contribution in [2.45, 2.75) is 18.3 Å². The van der Waals surface area contributed by atoms with Gasteiger partial charge in [0.05, 0.1) is 27.7 Å². The summed E-state index contributed by atoms with van der Waals surface area (Å²) in [6.45, 7) is 1.77. The first-order valence-electron chi connectivity index (χ1n) is 6.07. The minimum Gasteiger partial charge on any atom is -0.480 e. The van der Waals surface area contributed by atoms with E-state index in [9.17, 15) is 9.59 Å². The third-order valence-corrected chi connectivity index (χ3v) is 4.61. The lowest BCUT2D eigenvalue weighted by Gasteiger charge is -2.25. The van der Waals surface area contributed by atoms with Crippen LogP contribution in [0.3, 0.4) is 0 Å². The zero-order valence-corrected chi connectivity index (χ0v) is 12.6. The fraction of sp³-hybridized carbons (Fsp3) is 0.308. The van der Waals surface area contributed by atoms with Crippen molar-refractivity contribution >= 4 is 41.1 Å². The number of hydrogen-bond acceptors (Lipinski definition) is 4. The molecule has 2 unspecified atom stereocenters. The lowest BCUT2D eigenvalue weighted by atomic mass is 10.2. The predicted molar refractivity (Wildman–Crippen MR) is 80.4 cm³/mol. The molecule has 8 heteroatoms. The Balaban J connectivity index is 2.17. The number of hydrogen-bond donors (Lipinski definition) is 2. The summed E-state index contributed by atoms with van der Waals surface area (Å²) < 4.78 is 0. The average molecular weight is 326 g/mol. The molecule has 6 nitrogen and oxygen atoms in total. The number of carbonyl (C=O) groups is 2. The summed E-state index contributed by atoms with van der Waals surface area (Å²) >= 11 is 7.39. The van der Waals surface area contributed by atoms with E-state index in [0.29, 0.717) is 17.0 Å². The van der Waals surface area contributed by atoms with Crippen LogP contribution in [-0.2, 0) is 4.79 Å². The van der Waals surface area contributed by atoms with Crippen LogP contribution in [0.1, 0.15) is 12.5 Å². The van der Waals surface area contributed by atoms with Crippen LogP contribution in [0.25, 0.3) is 0 Å². The SMILES string of the molecule is CC1SCC(C(=O)O)N1C(=O)Nc1ccc(C#N)cc1Cl. The highest BCUT2D eigenvalue weighted by Gasteiger charge is 2.39. The average Bonchev–Trinajstić information content (AvgIpc) is 2.83. The third kappa shape index (κ3) is 3.23. The van der Waals surface area contributed by atoms with E-state index in [1.165, 1.54) is 34.9 Å². The Bertz CT molecular complexity index is 632. The molecule has 0 bridgehead atoms. The summed E-state index contributed by atoms with van der Waals surface area (Å²) in [5.74, 6) is -0.682. The summed E-state index contributed by atoms with van der Waals surface area (Å²) in [5.41, 5.74) is 0.723. The number of urea groups is 1. The fourth-order valence-electron chi connectivity index (χ4n) is 2.01. The van der Waals surface area contributed by atoms with E-state index >= 15 is 0 Å². The van der Waals surface area contributed by atoms with E-state index in [2.05, 4.69) is 5.32 Å². The molecule has 0 spiro atoms. The first-order chi connectivity index (χ1) is 9.93. The molecular weight excluding hydrogens is 314 g/mol. The van der Waals surface area contributed by atoms with Crippen molar-refractivity contribution in [2.75, 3.05) is 11.1 Å². The molecule has 21 heavy (non-hydrogen) atoms. The van der Waals surface area contributed by atoms with Crippen LogP contribution in [0.4, 0.5) is 10.5 Å². The fourth-order valence-corrected chi connectivity index (χ4v) is 3.40. The molecule has 2 rings (SSSR count). The van der Waals surface area contributed by atoms with E-state index in [4.69, 9.17) is 22.0 Å². The van der Waals surface area contributed by atoms with Gasteiger partial charge in [0.2, 0.25) is 0 Å². The van der Waals surface area contributed by atoms with Gasteiger partial charge in [0, 0.05) is 5.75 Å². The van der Waals surface area contributed by atoms with Crippen LogP contribution in [0, 0.1) is 11.3 Å². The van der Waals surface area contributed by atoms with Gasteiger partial charge in [-0.3, -0.25) is 4.90 Å². The number of rotatable bonds is 2. The number of nitrogens with zero attached hydrogens (tertiary/aromatic N) is 2. The minimum atomic E-state index is -1.03. The van der Waals surface area contributed by atoms with Crippen LogP contribution in [0.2, 0.25) is 5.02 Å². The Morgan fingerprint density at radius 1 is 1.57 bits per heavy atom. The van der Waals surface area contributed by atoms with Crippen LogP contribution in [0.15, 0.2) is 18.2 Å². The van der Waals surface area contributed by atoms with Crippen LogP contribution >= 0.6 is 23.4 Å². The molecule has 1 aromatic rings. The Morgan fingerprint density at radius 3 is 2.86 bits per heavy atom. The molecule has 0 aliphatic carbocycles. The van der Waals surface area contributed by atoms with Gasteiger partial charge in [-0.1, -0.05) is 11.6 Å². The van der Waals surface area contributed by atoms with E-state index < -0.39 is 18.0 Å². The van der Waals surface area contributed by atoms with Gasteiger partial charge in [0.15, 0.2) is 0 Å². The maximum atomic E-state index is 12.3. The second-order valence-electron chi connectivity index (χ2n) is 4.43. The smallest absolute Gasteiger partial charge is 0.327 e. The molecule has 110 valence electrons. The molecule has 1 aromatic carbocycles. The number of halogens is 1. The lowest BCUT2D eigenvalue weighted by molar-refractivity contribution is -0.141. The zero-order valence-electron chi connectivity index (χ0n) is 11.0. The molecule has 1 aliphatic heterocycles. The monoisotopic (exact) mass is 325 g/mol. The van der Waals surface area contributed by atoms with Gasteiger partial charge >= 0.3 is 12.0 Å². The third-order valence-electron chi connectivity index (χ3n) is 3.08. The number of anilines is 1. The number of nitriles is 1. The number of amides is 2. The van der Waals surface area contributed by atoms with E-state index in [-0.39, 0.29) is 10.4 Å². The number of carboxylic acids is 1. The molecule has 2 atom stereocenters. The van der Waals surface area contributed by atoms with Crippen molar-refractivity contribution in [3.05, 3.63) is 28.8 Å². The van der Waals surface area contributed by atoms with Gasteiger partial charge in [-0.15, -0.1) is 11.8 Å². The van der Waals surface area contributed by atoms with Gasteiger partial charge in [-0.05, 0) is 25.1 Å². The number of nitrogens with one attached hydrogen (secondary N) is 1. The topological polar surface area (TPSA) is 93.4 Å². The molecule has 1 saturated heterocycles. The summed E-state index contributed by atoms with van der Waals surface area (Å²) in [7, 11) is 0. The molecule has 0 saturated carbocycles. The maximum absolute atomic E-state index is 12.3. The first-order valence-corrected chi connectivity index (χ1v) is 7.50. The molecular formula is C13H12ClN3O3S. The highest BCUT2D eigenvalue weighted by atomic mass is 35.5. The van der Waals surface area contributed by atoms with E-state index in [1.807, 2.05) is 6.07 Å². The van der Waals surface area contributed by atoms with Gasteiger partial charge in [0.25, 0.3) is 0 Å². The molecule has 1 heterocycles. The second-order valence-corrected chi connectivity index (χ2v) is 6.19. The second kappa shape index (κ2) is 6.24. The largest absolute Gasteiger partial charge is 0.480 e. The van der Waals surface area contributed by atoms with Crippen molar-refractivity contribution in [1.82, 2.24) is 4.90 Å². The van der Waals surface area contributed by atoms with Crippen LogP contribution in [-0.4, -0.2) is 39.2 Å². The highest BCUT2D eigenvalue weighted by Crippen LogP contribution is 2.30. The first kappa shape index (κ1) is 15.5. The zero-order chi connectivity index (χ0) is 15.6. The Labute approximate surface area is 130 Å². The van der Waals surface area contributed by atoms with E-state index in [1.54, 1.807) is 6.92 Å². The molecule has 1 fully saturated rings. The molecule has 2 N–H and O–H groups in total. The van der Waals surface area contributed by atoms with Crippen molar-refractivity contribution in [2.24, 2.45) is 0 Å². The molecule has 2 amide bonds. The summed E-state index contributed by atoms with van der Waals surface area (Å²) in [6, 6.07) is 5.04. The van der Waals surface area contributed by atoms with E-state index in [0.717, 1.165) is 0 Å². The Morgan fingerprint density at radius 2 is 2.29 bits per heavy atom. The predicted octanol–water partition coefficient (Wildman–Crippen LogP) is 2.59. The quantitative estimate of drug-likeness (QED) is 0.871. The number of carboxylic acid groups (broad SMARTS) is 1. The summed E-state index contributed by atoms with van der Waals surface area (Å²) in [6.07, 6.45) is 0. The van der Waals surface area contributed by atoms with Gasteiger partial charge in [-0.25, -0.2) is 9.59 Å². The number of thioether (sulfide) groups is 1. The minimum absolute atomic E-state index is 0.230.